The van der Waals surface area contributed by atoms with Gasteiger partial charge in [0.25, 0.3) is 0 Å². The Kier molecular flexibility index (Phi) is 22.4. The van der Waals surface area contributed by atoms with Crippen molar-refractivity contribution in [3.63, 3.8) is 0 Å². The van der Waals surface area contributed by atoms with Gasteiger partial charge in [-0.3, -0.25) is 9.59 Å². The Morgan fingerprint density at radius 1 is 0.320 bits per heavy atom. The van der Waals surface area contributed by atoms with Crippen LogP contribution < -0.4 is 18.9 Å². The van der Waals surface area contributed by atoms with E-state index in [-0.39, 0.29) is 46.8 Å². The van der Waals surface area contributed by atoms with E-state index in [0.717, 1.165) is 60.8 Å². The molecule has 12 nitrogen and oxygen atoms in total. The normalized spacial score (nSPS) is 11.7. The molecular formula is C63H68O12. The fourth-order valence-electron chi connectivity index (χ4n) is 8.17. The molecule has 6 aromatic carbocycles. The average molecular weight is 1020 g/mol. The van der Waals surface area contributed by atoms with Crippen LogP contribution in [0.15, 0.2) is 146 Å². The molecule has 0 saturated heterocycles. The van der Waals surface area contributed by atoms with Gasteiger partial charge in [-0.15, -0.1) is 0 Å². The maximum Gasteiger partial charge on any atom is 0.343 e. The topological polar surface area (TPSA) is 158 Å². The summed E-state index contributed by atoms with van der Waals surface area (Å²) < 4.78 is 33.0. The molecule has 0 saturated carbocycles. The Bertz CT molecular complexity index is 2570. The number of carbonyl (C=O) groups is 6. The molecule has 0 radical (unpaired) electrons. The summed E-state index contributed by atoms with van der Waals surface area (Å²) in [5.41, 5.74) is 4.85. The van der Waals surface area contributed by atoms with Crippen LogP contribution in [-0.4, -0.2) is 48.0 Å². The highest BCUT2D eigenvalue weighted by Gasteiger charge is 2.18. The third-order valence-electron chi connectivity index (χ3n) is 12.5. The van der Waals surface area contributed by atoms with Gasteiger partial charge in [0, 0.05) is 0 Å². The summed E-state index contributed by atoms with van der Waals surface area (Å²) in [4.78, 5) is 76.4. The van der Waals surface area contributed by atoms with Crippen molar-refractivity contribution < 1.29 is 57.2 Å². The Labute approximate surface area is 440 Å². The standard InChI is InChI=1S/C63H68O12/c1-5-7-9-11-13-15-17-44(3)70-60(66)50-23-19-46(20-24-50)48-27-35-56(36-28-48)74-62(68)52-31-39-54(40-32-52)72-58(64)43-59(65)73-55-41-33-53(34-42-55)63(69)75-57-37-29-49(30-38-57)47-21-25-51(26-22-47)61(67)71-45(4)18-16-14-12-10-8-6-2/h19-42,44-45H,5-18,43H2,1-4H3. The zero-order chi connectivity index (χ0) is 53.4. The van der Waals surface area contributed by atoms with Crippen molar-refractivity contribution in [3.8, 4) is 45.3 Å². The number of hydrogen-bond donors (Lipinski definition) is 0. The molecular weight excluding hydrogens is 949 g/mol. The summed E-state index contributed by atoms with van der Waals surface area (Å²) in [7, 11) is 0. The molecule has 6 rings (SSSR count). The van der Waals surface area contributed by atoms with Gasteiger partial charge in [-0.05, 0) is 159 Å². The summed E-state index contributed by atoms with van der Waals surface area (Å²) >= 11 is 0. The van der Waals surface area contributed by atoms with Crippen molar-refractivity contribution in [2.24, 2.45) is 0 Å². The number of ether oxygens (including phenoxy) is 6. The van der Waals surface area contributed by atoms with Gasteiger partial charge in [-0.25, -0.2) is 19.2 Å². The maximum absolute atomic E-state index is 12.9. The molecule has 0 bridgehead atoms. The number of rotatable bonds is 28. The van der Waals surface area contributed by atoms with Gasteiger partial charge in [0.15, 0.2) is 0 Å². The lowest BCUT2D eigenvalue weighted by Gasteiger charge is -2.13. The molecule has 75 heavy (non-hydrogen) atoms. The van der Waals surface area contributed by atoms with Gasteiger partial charge in [-0.2, -0.15) is 0 Å². The van der Waals surface area contributed by atoms with Crippen LogP contribution in [0, 0.1) is 0 Å². The first-order chi connectivity index (χ1) is 36.4. The first kappa shape index (κ1) is 56.4. The van der Waals surface area contributed by atoms with Crippen LogP contribution in [0.2, 0.25) is 0 Å². The molecule has 0 aliphatic carbocycles. The molecule has 0 aliphatic rings. The van der Waals surface area contributed by atoms with Crippen LogP contribution in [0.1, 0.15) is 165 Å². The highest BCUT2D eigenvalue weighted by Crippen LogP contribution is 2.27. The average Bonchev–Trinajstić information content (AvgIpc) is 3.41. The minimum atomic E-state index is -0.884. The highest BCUT2D eigenvalue weighted by atomic mass is 16.6. The van der Waals surface area contributed by atoms with Gasteiger partial charge in [0.05, 0.1) is 34.5 Å². The van der Waals surface area contributed by atoms with Gasteiger partial charge >= 0.3 is 35.8 Å². The van der Waals surface area contributed by atoms with E-state index in [1.807, 2.05) is 62.4 Å². The Balaban J connectivity index is 0.878. The molecule has 0 aromatic heterocycles. The van der Waals surface area contributed by atoms with Crippen molar-refractivity contribution in [3.05, 3.63) is 168 Å². The predicted molar refractivity (Wildman–Crippen MR) is 288 cm³/mol. The Hall–Kier alpha value is -7.86. The van der Waals surface area contributed by atoms with Crippen LogP contribution in [0.3, 0.4) is 0 Å². The maximum atomic E-state index is 12.9. The highest BCUT2D eigenvalue weighted by molar-refractivity contribution is 5.95. The monoisotopic (exact) mass is 1020 g/mol. The fraction of sp³-hybridized carbons (Fsp3) is 0.333. The third-order valence-corrected chi connectivity index (χ3v) is 12.5. The van der Waals surface area contributed by atoms with Crippen LogP contribution in [-0.2, 0) is 19.1 Å². The molecule has 6 aromatic rings. The predicted octanol–water partition coefficient (Wildman–Crippen LogP) is 15.0. The molecule has 392 valence electrons. The van der Waals surface area contributed by atoms with Crippen molar-refractivity contribution >= 4 is 35.8 Å². The molecule has 0 spiro atoms. The first-order valence-electron chi connectivity index (χ1n) is 26.3. The summed E-state index contributed by atoms with van der Waals surface area (Å²) in [6, 6.07) is 39.6. The summed E-state index contributed by atoms with van der Waals surface area (Å²) in [5.74, 6) is -2.88. The van der Waals surface area contributed by atoms with Gasteiger partial charge in [0.2, 0.25) is 0 Å². The van der Waals surface area contributed by atoms with Crippen molar-refractivity contribution in [1.82, 2.24) is 0 Å². The third kappa shape index (κ3) is 18.9. The summed E-state index contributed by atoms with van der Waals surface area (Å²) in [5, 5.41) is 0. The van der Waals surface area contributed by atoms with Crippen molar-refractivity contribution in [1.29, 1.82) is 0 Å². The SMILES string of the molecule is CCCCCCCCC(C)OC(=O)c1ccc(-c2ccc(OC(=O)c3ccc(OC(=O)CC(=O)Oc4ccc(C(=O)Oc5ccc(-c6ccc(C(=O)OC(C)CCCCCCCC)cc6)cc5)cc4)cc3)cc2)cc1. The lowest BCUT2D eigenvalue weighted by molar-refractivity contribution is -0.144. The van der Waals surface area contributed by atoms with Crippen LogP contribution in [0.25, 0.3) is 22.3 Å². The zero-order valence-electron chi connectivity index (χ0n) is 43.5. The van der Waals surface area contributed by atoms with Gasteiger partial charge in [0.1, 0.15) is 29.4 Å². The molecule has 2 unspecified atom stereocenters. The number of unbranched alkanes of at least 4 members (excludes halogenated alkanes) is 10. The zero-order valence-corrected chi connectivity index (χ0v) is 43.5. The van der Waals surface area contributed by atoms with E-state index in [9.17, 15) is 28.8 Å². The van der Waals surface area contributed by atoms with Crippen molar-refractivity contribution in [2.75, 3.05) is 0 Å². The van der Waals surface area contributed by atoms with Gasteiger partial charge < -0.3 is 28.4 Å². The van der Waals surface area contributed by atoms with Crippen molar-refractivity contribution in [2.45, 2.75) is 136 Å². The van der Waals surface area contributed by atoms with E-state index < -0.39 is 30.3 Å². The quantitative estimate of drug-likeness (QED) is 0.0198. The second kappa shape index (κ2) is 29.7. The Morgan fingerprint density at radius 2 is 0.573 bits per heavy atom. The fourth-order valence-corrected chi connectivity index (χ4v) is 8.17. The van der Waals surface area contributed by atoms with Crippen LogP contribution >= 0.6 is 0 Å². The second-order valence-corrected chi connectivity index (χ2v) is 18.7. The molecule has 0 fully saturated rings. The van der Waals surface area contributed by atoms with E-state index >= 15 is 0 Å². The summed E-state index contributed by atoms with van der Waals surface area (Å²) in [6.45, 7) is 8.26. The van der Waals surface area contributed by atoms with E-state index in [2.05, 4.69) is 13.8 Å². The second-order valence-electron chi connectivity index (χ2n) is 18.7. The number of carbonyl (C=O) groups excluding carboxylic acids is 6. The van der Waals surface area contributed by atoms with Crippen LogP contribution in [0.4, 0.5) is 0 Å². The van der Waals surface area contributed by atoms with E-state index in [0.29, 0.717) is 22.6 Å². The number of esters is 6. The lowest BCUT2D eigenvalue weighted by atomic mass is 10.0. The molecule has 0 aliphatic heterocycles. The number of benzene rings is 6. The largest absolute Gasteiger partial charge is 0.459 e. The molecule has 12 heteroatoms. The van der Waals surface area contributed by atoms with Crippen LogP contribution in [0.5, 0.6) is 23.0 Å². The molecule has 0 amide bonds. The van der Waals surface area contributed by atoms with E-state index in [1.165, 1.54) is 99.9 Å². The van der Waals surface area contributed by atoms with E-state index in [4.69, 9.17) is 28.4 Å². The minimum Gasteiger partial charge on any atom is -0.459 e. The first-order valence-corrected chi connectivity index (χ1v) is 26.3. The minimum absolute atomic E-state index is 0.101. The molecule has 0 heterocycles. The summed E-state index contributed by atoms with van der Waals surface area (Å²) in [6.07, 6.45) is 15.0. The smallest absolute Gasteiger partial charge is 0.343 e. The van der Waals surface area contributed by atoms with Gasteiger partial charge in [-0.1, -0.05) is 127 Å². The molecule has 2 atom stereocenters. The number of hydrogen-bond acceptors (Lipinski definition) is 12. The lowest BCUT2D eigenvalue weighted by Crippen LogP contribution is -2.18. The molecule has 0 N–H and O–H groups in total. The van der Waals surface area contributed by atoms with E-state index in [1.54, 1.807) is 48.5 Å². The Morgan fingerprint density at radius 3 is 0.907 bits per heavy atom.